The lowest BCUT2D eigenvalue weighted by molar-refractivity contribution is 0.256. The smallest absolute Gasteiger partial charge is 0.333 e. The van der Waals surface area contributed by atoms with E-state index in [1.165, 1.54) is 34.9 Å². The highest BCUT2D eigenvalue weighted by Crippen LogP contribution is 2.26. The van der Waals surface area contributed by atoms with E-state index in [4.69, 9.17) is 11.6 Å². The molecule has 2 aromatic carbocycles. The molecule has 4 aromatic rings. The summed E-state index contributed by atoms with van der Waals surface area (Å²) >= 11 is 6.59. The average molecular weight is 533 g/mol. The summed E-state index contributed by atoms with van der Waals surface area (Å²) < 4.78 is 42.3. The normalized spacial score (nSPS) is 11.3. The second-order valence-electron chi connectivity index (χ2n) is 7.25. The number of pyridine rings is 1. The Bertz CT molecular complexity index is 1650. The van der Waals surface area contributed by atoms with Crippen LogP contribution >= 0.6 is 22.9 Å². The van der Waals surface area contributed by atoms with E-state index in [-0.39, 0.29) is 25.3 Å². The zero-order valence-electron chi connectivity index (χ0n) is 18.1. The van der Waals surface area contributed by atoms with E-state index in [1.807, 2.05) is 4.72 Å². The summed E-state index contributed by atoms with van der Waals surface area (Å²) in [6.07, 6.45) is 3.00. The lowest BCUT2D eigenvalue weighted by atomic mass is 10.1. The van der Waals surface area contributed by atoms with Gasteiger partial charge in [0.2, 0.25) is 0 Å². The molecule has 0 unspecified atom stereocenters. The first-order valence-corrected chi connectivity index (χ1v) is 12.7. The third-order valence-corrected chi connectivity index (χ3v) is 8.14. The second-order valence-corrected chi connectivity index (χ2v) is 10.9. The predicted molar refractivity (Wildman–Crippen MR) is 138 cm³/mol. The maximum absolute atomic E-state index is 14.2. The molecular formula is C23H18ClFN4O4S2. The third kappa shape index (κ3) is 4.92. The fourth-order valence-corrected chi connectivity index (χ4v) is 5.80. The van der Waals surface area contributed by atoms with Gasteiger partial charge in [-0.3, -0.25) is 9.36 Å². The van der Waals surface area contributed by atoms with Crippen molar-refractivity contribution in [1.82, 2.24) is 9.29 Å². The SMILES string of the molecule is C=Cc1cc(-n2ccc3cc(NC)c(F)cc3c2=O)ccc1NC(=O)NS(=O)(=O)c1ccc(Cl)s1. The maximum Gasteiger partial charge on any atom is 0.333 e. The van der Waals surface area contributed by atoms with Gasteiger partial charge in [0, 0.05) is 24.6 Å². The van der Waals surface area contributed by atoms with Gasteiger partial charge >= 0.3 is 6.03 Å². The second kappa shape index (κ2) is 9.53. The van der Waals surface area contributed by atoms with E-state index in [9.17, 15) is 22.4 Å². The first kappa shape index (κ1) is 24.5. The van der Waals surface area contributed by atoms with Crippen molar-refractivity contribution in [3.05, 3.63) is 87.4 Å². The Morgan fingerprint density at radius 3 is 2.57 bits per heavy atom. The van der Waals surface area contributed by atoms with E-state index in [2.05, 4.69) is 17.2 Å². The number of carbonyl (C=O) groups is 1. The molecule has 0 aliphatic carbocycles. The Morgan fingerprint density at radius 1 is 1.14 bits per heavy atom. The van der Waals surface area contributed by atoms with Crippen molar-refractivity contribution in [3.8, 4) is 5.69 Å². The molecule has 2 aromatic heterocycles. The molecule has 0 bridgehead atoms. The van der Waals surface area contributed by atoms with Crippen LogP contribution in [0.2, 0.25) is 4.34 Å². The number of nitrogens with one attached hydrogen (secondary N) is 3. The number of anilines is 2. The van der Waals surface area contributed by atoms with Crippen LogP contribution in [0.4, 0.5) is 20.6 Å². The van der Waals surface area contributed by atoms with Gasteiger partial charge in [-0.2, -0.15) is 0 Å². The quantitative estimate of drug-likeness (QED) is 0.322. The molecule has 2 amide bonds. The zero-order valence-corrected chi connectivity index (χ0v) is 20.5. The van der Waals surface area contributed by atoms with Crippen molar-refractivity contribution in [2.45, 2.75) is 4.21 Å². The lowest BCUT2D eigenvalue weighted by Crippen LogP contribution is -2.34. The Morgan fingerprint density at radius 2 is 1.91 bits per heavy atom. The summed E-state index contributed by atoms with van der Waals surface area (Å²) in [5, 5.41) is 5.97. The minimum absolute atomic E-state index is 0.106. The van der Waals surface area contributed by atoms with E-state index < -0.39 is 27.4 Å². The number of rotatable bonds is 6. The van der Waals surface area contributed by atoms with E-state index in [0.29, 0.717) is 16.6 Å². The van der Waals surface area contributed by atoms with Crippen molar-refractivity contribution >= 4 is 67.2 Å². The summed E-state index contributed by atoms with van der Waals surface area (Å²) in [5.41, 5.74) is 0.980. The summed E-state index contributed by atoms with van der Waals surface area (Å²) in [5.74, 6) is -0.549. The fraction of sp³-hybridized carbons (Fsp3) is 0.0435. The van der Waals surface area contributed by atoms with E-state index in [0.717, 1.165) is 11.3 Å². The Labute approximate surface area is 208 Å². The van der Waals surface area contributed by atoms with E-state index >= 15 is 0 Å². The largest absolute Gasteiger partial charge is 0.386 e. The first-order valence-electron chi connectivity index (χ1n) is 10.0. The van der Waals surface area contributed by atoms with E-state index in [1.54, 1.807) is 37.5 Å². The van der Waals surface area contributed by atoms with Gasteiger partial charge in [-0.1, -0.05) is 24.3 Å². The van der Waals surface area contributed by atoms with Crippen molar-refractivity contribution in [3.63, 3.8) is 0 Å². The molecule has 0 atom stereocenters. The lowest BCUT2D eigenvalue weighted by Gasteiger charge is -2.13. The molecule has 2 heterocycles. The molecule has 12 heteroatoms. The minimum atomic E-state index is -4.10. The van der Waals surface area contributed by atoms with Crippen LogP contribution in [0.5, 0.6) is 0 Å². The van der Waals surface area contributed by atoms with Gasteiger partial charge in [0.25, 0.3) is 15.6 Å². The molecule has 3 N–H and O–H groups in total. The monoisotopic (exact) mass is 532 g/mol. The maximum atomic E-state index is 14.2. The number of aromatic nitrogens is 1. The van der Waals surface area contributed by atoms with Crippen molar-refractivity contribution < 1.29 is 17.6 Å². The topological polar surface area (TPSA) is 109 Å². The number of thiophene rings is 1. The number of hydrogen-bond donors (Lipinski definition) is 3. The van der Waals surface area contributed by atoms with Crippen LogP contribution in [0, 0.1) is 5.82 Å². The van der Waals surface area contributed by atoms with Gasteiger partial charge < -0.3 is 10.6 Å². The molecule has 0 fully saturated rings. The van der Waals surface area contributed by atoms with Crippen LogP contribution in [0.3, 0.4) is 0 Å². The number of benzene rings is 2. The van der Waals surface area contributed by atoms with Crippen LogP contribution in [0.25, 0.3) is 22.5 Å². The average Bonchev–Trinajstić information content (AvgIpc) is 3.27. The predicted octanol–water partition coefficient (Wildman–Crippen LogP) is 5.04. The third-order valence-electron chi connectivity index (χ3n) is 5.08. The molecule has 0 saturated carbocycles. The zero-order chi connectivity index (χ0) is 25.3. The highest BCUT2D eigenvalue weighted by Gasteiger charge is 2.20. The van der Waals surface area contributed by atoms with Crippen LogP contribution < -0.4 is 20.9 Å². The molecule has 0 aliphatic heterocycles. The molecule has 180 valence electrons. The summed E-state index contributed by atoms with van der Waals surface area (Å²) in [6, 6.07) is 10.8. The number of halogens is 2. The van der Waals surface area contributed by atoms with Gasteiger partial charge in [-0.05, 0) is 59.5 Å². The summed E-state index contributed by atoms with van der Waals surface area (Å²) in [6.45, 7) is 3.71. The van der Waals surface area contributed by atoms with Crippen LogP contribution in [-0.4, -0.2) is 26.1 Å². The highest BCUT2D eigenvalue weighted by molar-refractivity contribution is 7.92. The van der Waals surface area contributed by atoms with Crippen LogP contribution in [0.15, 0.2) is 70.3 Å². The molecule has 0 radical (unpaired) electrons. The first-order chi connectivity index (χ1) is 16.6. The van der Waals surface area contributed by atoms with Gasteiger partial charge in [0.15, 0.2) is 0 Å². The number of sulfonamides is 1. The van der Waals surface area contributed by atoms with Crippen LogP contribution in [0.1, 0.15) is 5.56 Å². The standard InChI is InChI=1S/C23H18ClFN4O4S2/c1-3-13-10-15(29-9-8-14-11-19(26-2)17(25)12-16(14)22(29)30)4-5-18(13)27-23(31)28-35(32,33)21-7-6-20(24)34-21/h3-12,26H,1H2,2H3,(H2,27,28,31). The van der Waals surface area contributed by atoms with Crippen LogP contribution in [-0.2, 0) is 10.0 Å². The van der Waals surface area contributed by atoms with Crippen molar-refractivity contribution in [2.24, 2.45) is 0 Å². The van der Waals surface area contributed by atoms with Crippen molar-refractivity contribution in [2.75, 3.05) is 17.7 Å². The number of urea groups is 1. The highest BCUT2D eigenvalue weighted by atomic mass is 35.5. The molecule has 4 rings (SSSR count). The van der Waals surface area contributed by atoms with Gasteiger partial charge in [-0.15, -0.1) is 11.3 Å². The minimum Gasteiger partial charge on any atom is -0.386 e. The number of carbonyl (C=O) groups excluding carboxylic acids is 1. The Balaban J connectivity index is 1.63. The molecule has 35 heavy (non-hydrogen) atoms. The van der Waals surface area contributed by atoms with Gasteiger partial charge in [-0.25, -0.2) is 22.3 Å². The fourth-order valence-electron chi connectivity index (χ4n) is 3.41. The molecule has 0 saturated heterocycles. The van der Waals surface area contributed by atoms with Crippen molar-refractivity contribution in [1.29, 1.82) is 0 Å². The molecule has 0 aliphatic rings. The van der Waals surface area contributed by atoms with Gasteiger partial charge in [0.1, 0.15) is 10.0 Å². The number of fused-ring (bicyclic) bond motifs is 1. The number of hydrogen-bond acceptors (Lipinski definition) is 6. The van der Waals surface area contributed by atoms with Gasteiger partial charge in [0.05, 0.1) is 15.4 Å². The Kier molecular flexibility index (Phi) is 6.66. The molecular weight excluding hydrogens is 515 g/mol. The summed E-state index contributed by atoms with van der Waals surface area (Å²) in [7, 11) is -2.51. The summed E-state index contributed by atoms with van der Waals surface area (Å²) in [4.78, 5) is 25.4. The number of nitrogens with zero attached hydrogens (tertiary/aromatic N) is 1. The molecule has 8 nitrogen and oxygen atoms in total. The molecule has 0 spiro atoms. The Hall–Kier alpha value is -3.67. The number of amides is 2.